The van der Waals surface area contributed by atoms with Gasteiger partial charge in [0.25, 0.3) is 0 Å². The fourth-order valence-corrected chi connectivity index (χ4v) is 5.71. The highest BCUT2D eigenvalue weighted by Gasteiger charge is 2.38. The summed E-state index contributed by atoms with van der Waals surface area (Å²) in [5.74, 6) is -0.0219. The minimum absolute atomic E-state index is 0.0422. The summed E-state index contributed by atoms with van der Waals surface area (Å²) in [6.07, 6.45) is 3.70. The molecule has 2 aromatic rings. The molecule has 1 aromatic carbocycles. The zero-order chi connectivity index (χ0) is 24.9. The Labute approximate surface area is 201 Å². The molecule has 0 unspecified atom stereocenters. The first-order chi connectivity index (χ1) is 16.2. The largest absolute Gasteiger partial charge is 0.487 e. The molecule has 0 saturated heterocycles. The second-order valence-electron chi connectivity index (χ2n) is 8.75. The van der Waals surface area contributed by atoms with E-state index in [2.05, 4.69) is 10.3 Å². The number of carbonyl (C=O) groups is 1. The molecule has 34 heavy (non-hydrogen) atoms. The number of carbonyl (C=O) groups excluding carboxylic acids is 1. The van der Waals surface area contributed by atoms with Crippen molar-refractivity contribution in [3.05, 3.63) is 42.7 Å². The first-order valence-corrected chi connectivity index (χ1v) is 13.0. The van der Waals surface area contributed by atoms with Crippen molar-refractivity contribution in [1.82, 2.24) is 19.5 Å². The predicted molar refractivity (Wildman–Crippen MR) is 130 cm³/mol. The number of aliphatic hydroxyl groups excluding tert-OH is 1. The molecule has 1 aliphatic heterocycles. The van der Waals surface area contributed by atoms with Gasteiger partial charge in [0.1, 0.15) is 16.7 Å². The van der Waals surface area contributed by atoms with E-state index < -0.39 is 22.2 Å². The first kappa shape index (κ1) is 25.9. The number of aromatic nitrogens is 1. The minimum atomic E-state index is -3.92. The monoisotopic (exact) mass is 490 g/mol. The zero-order valence-electron chi connectivity index (χ0n) is 20.1. The molecule has 2 amide bonds. The Balaban J connectivity index is 2.04. The Bertz CT molecular complexity index is 1080. The number of hydrogen-bond donors (Lipinski definition) is 2. The molecule has 10 heteroatoms. The number of sulfonamides is 1. The van der Waals surface area contributed by atoms with E-state index in [1.54, 1.807) is 49.5 Å². The second-order valence-corrected chi connectivity index (χ2v) is 10.6. The van der Waals surface area contributed by atoms with Crippen LogP contribution in [0.3, 0.4) is 0 Å². The summed E-state index contributed by atoms with van der Waals surface area (Å²) < 4.78 is 34.8. The topological polar surface area (TPSA) is 112 Å². The molecule has 9 nitrogen and oxygen atoms in total. The number of rotatable bonds is 7. The van der Waals surface area contributed by atoms with Gasteiger partial charge in [-0.15, -0.1) is 0 Å². The second kappa shape index (κ2) is 11.2. The lowest BCUT2D eigenvalue weighted by molar-refractivity contribution is 0.0813. The van der Waals surface area contributed by atoms with E-state index >= 15 is 0 Å². The van der Waals surface area contributed by atoms with Gasteiger partial charge in [-0.3, -0.25) is 4.98 Å². The number of likely N-dealkylation sites (N-methyl/N-ethyl adjacent to an activating group) is 1. The van der Waals surface area contributed by atoms with Gasteiger partial charge in [-0.1, -0.05) is 19.9 Å². The van der Waals surface area contributed by atoms with Crippen LogP contribution in [0.5, 0.6) is 5.75 Å². The maximum absolute atomic E-state index is 13.6. The number of urea groups is 1. The van der Waals surface area contributed by atoms with Crippen LogP contribution in [0.4, 0.5) is 4.79 Å². The van der Waals surface area contributed by atoms with E-state index in [-0.39, 0.29) is 42.3 Å². The molecule has 0 fully saturated rings. The van der Waals surface area contributed by atoms with Crippen molar-refractivity contribution < 1.29 is 23.1 Å². The molecule has 0 spiro atoms. The SMILES string of the molecule is CCCNC(=O)N(C)C[C@@H]1Oc2cc(-c3ccncc3)ccc2S(=O)(=O)N([C@H](C)CO)C[C@H]1C. The number of hydrogen-bond acceptors (Lipinski definition) is 6. The Kier molecular flexibility index (Phi) is 8.51. The predicted octanol–water partition coefficient (Wildman–Crippen LogP) is 2.57. The van der Waals surface area contributed by atoms with E-state index in [1.807, 2.05) is 26.0 Å². The molecular weight excluding hydrogens is 456 g/mol. The normalized spacial score (nSPS) is 20.9. The van der Waals surface area contributed by atoms with Crippen molar-refractivity contribution in [2.24, 2.45) is 5.92 Å². The van der Waals surface area contributed by atoms with E-state index in [0.717, 1.165) is 17.5 Å². The highest BCUT2D eigenvalue weighted by Crippen LogP contribution is 2.36. The maximum atomic E-state index is 13.6. The first-order valence-electron chi connectivity index (χ1n) is 11.5. The van der Waals surface area contributed by atoms with Crippen molar-refractivity contribution >= 4 is 16.1 Å². The maximum Gasteiger partial charge on any atom is 0.317 e. The third kappa shape index (κ3) is 5.68. The number of nitrogens with zero attached hydrogens (tertiary/aromatic N) is 3. The van der Waals surface area contributed by atoms with Crippen LogP contribution in [0, 0.1) is 5.92 Å². The van der Waals surface area contributed by atoms with Crippen LogP contribution in [-0.2, 0) is 10.0 Å². The molecule has 1 aliphatic rings. The molecule has 3 atom stereocenters. The Hall–Kier alpha value is -2.69. The number of nitrogens with one attached hydrogen (secondary N) is 1. The van der Waals surface area contributed by atoms with Gasteiger partial charge in [-0.2, -0.15) is 4.31 Å². The molecule has 0 radical (unpaired) electrons. The fraction of sp³-hybridized carbons (Fsp3) is 0.500. The smallest absolute Gasteiger partial charge is 0.317 e. The van der Waals surface area contributed by atoms with Crippen LogP contribution in [0.1, 0.15) is 27.2 Å². The Morgan fingerprint density at radius 3 is 2.65 bits per heavy atom. The quantitative estimate of drug-likeness (QED) is 0.617. The number of ether oxygens (including phenoxy) is 1. The van der Waals surface area contributed by atoms with E-state index in [1.165, 1.54) is 4.31 Å². The van der Waals surface area contributed by atoms with E-state index in [0.29, 0.717) is 6.54 Å². The standard InChI is InChI=1S/C24H34N4O5S/c1-5-10-26-24(30)27(4)15-22-17(2)14-28(18(3)16-29)34(31,32)23-7-6-20(13-21(23)33-22)19-8-11-25-12-9-19/h6-9,11-13,17-18,22,29H,5,10,14-16H2,1-4H3,(H,26,30)/t17-,18-,22+/m1/s1. The minimum Gasteiger partial charge on any atom is -0.487 e. The molecule has 0 saturated carbocycles. The van der Waals surface area contributed by atoms with Crippen LogP contribution in [0.2, 0.25) is 0 Å². The van der Waals surface area contributed by atoms with E-state index in [9.17, 15) is 18.3 Å². The molecule has 3 rings (SSSR count). The lowest BCUT2D eigenvalue weighted by atomic mass is 10.0. The summed E-state index contributed by atoms with van der Waals surface area (Å²) >= 11 is 0. The van der Waals surface area contributed by atoms with Crippen LogP contribution < -0.4 is 10.1 Å². The lowest BCUT2D eigenvalue weighted by Gasteiger charge is -2.37. The summed E-state index contributed by atoms with van der Waals surface area (Å²) in [6.45, 7) is 6.25. The summed E-state index contributed by atoms with van der Waals surface area (Å²) in [7, 11) is -2.23. The number of fused-ring (bicyclic) bond motifs is 1. The summed E-state index contributed by atoms with van der Waals surface area (Å²) in [5, 5.41) is 12.6. The van der Waals surface area contributed by atoms with Crippen molar-refractivity contribution in [1.29, 1.82) is 0 Å². The average molecular weight is 491 g/mol. The summed E-state index contributed by atoms with van der Waals surface area (Å²) in [4.78, 5) is 18.1. The van der Waals surface area contributed by atoms with E-state index in [4.69, 9.17) is 4.74 Å². The molecule has 1 aromatic heterocycles. The Morgan fingerprint density at radius 1 is 1.29 bits per heavy atom. The molecule has 2 heterocycles. The molecule has 186 valence electrons. The molecule has 2 N–H and O–H groups in total. The number of pyridine rings is 1. The van der Waals surface area contributed by atoms with Crippen LogP contribution in [0.15, 0.2) is 47.6 Å². The summed E-state index contributed by atoms with van der Waals surface area (Å²) in [5.41, 5.74) is 1.67. The number of benzene rings is 1. The third-order valence-corrected chi connectivity index (χ3v) is 8.03. The number of aliphatic hydroxyl groups is 1. The van der Waals surface area contributed by atoms with Crippen LogP contribution >= 0.6 is 0 Å². The number of amides is 2. The average Bonchev–Trinajstić information content (AvgIpc) is 2.84. The highest BCUT2D eigenvalue weighted by atomic mass is 32.2. The van der Waals surface area contributed by atoms with Crippen LogP contribution in [0.25, 0.3) is 11.1 Å². The molecular formula is C24H34N4O5S. The van der Waals surface area contributed by atoms with Crippen molar-refractivity contribution in [2.45, 2.75) is 44.2 Å². The van der Waals surface area contributed by atoms with Gasteiger partial charge in [0.2, 0.25) is 10.0 Å². The van der Waals surface area contributed by atoms with Gasteiger partial charge in [0.15, 0.2) is 0 Å². The van der Waals surface area contributed by atoms with Crippen molar-refractivity contribution in [2.75, 3.05) is 33.3 Å². The highest BCUT2D eigenvalue weighted by molar-refractivity contribution is 7.89. The Morgan fingerprint density at radius 2 is 2.00 bits per heavy atom. The molecule has 0 bridgehead atoms. The van der Waals surface area contributed by atoms with Crippen molar-refractivity contribution in [3.8, 4) is 16.9 Å². The van der Waals surface area contributed by atoms with Gasteiger partial charge < -0.3 is 20.1 Å². The third-order valence-electron chi connectivity index (χ3n) is 6.01. The zero-order valence-corrected chi connectivity index (χ0v) is 21.0. The fourth-order valence-electron chi connectivity index (χ4n) is 3.89. The lowest BCUT2D eigenvalue weighted by Crippen LogP contribution is -2.51. The van der Waals surface area contributed by atoms with Gasteiger partial charge in [-0.05, 0) is 48.7 Å². The summed E-state index contributed by atoms with van der Waals surface area (Å²) in [6, 6.07) is 7.86. The van der Waals surface area contributed by atoms with Crippen LogP contribution in [-0.4, -0.2) is 79.2 Å². The van der Waals surface area contributed by atoms with Gasteiger partial charge in [-0.25, -0.2) is 13.2 Å². The molecule has 0 aliphatic carbocycles. The van der Waals surface area contributed by atoms with Gasteiger partial charge >= 0.3 is 6.03 Å². The van der Waals surface area contributed by atoms with Crippen molar-refractivity contribution in [3.63, 3.8) is 0 Å². The van der Waals surface area contributed by atoms with Gasteiger partial charge in [0.05, 0.1) is 13.2 Å². The van der Waals surface area contributed by atoms with Gasteiger partial charge in [0, 0.05) is 44.5 Å².